The predicted octanol–water partition coefficient (Wildman–Crippen LogP) is 11.6. The van der Waals surface area contributed by atoms with Crippen molar-refractivity contribution < 1.29 is 19.1 Å². The van der Waals surface area contributed by atoms with E-state index in [0.717, 1.165) is 51.4 Å². The molecule has 2 unspecified atom stereocenters. The van der Waals surface area contributed by atoms with E-state index in [0.29, 0.717) is 70.3 Å². The number of azo groups is 2. The maximum atomic E-state index is 13.0. The number of anilines is 2. The molecule has 0 radical (unpaired) electrons. The van der Waals surface area contributed by atoms with Crippen LogP contribution in [0.5, 0.6) is 0 Å². The van der Waals surface area contributed by atoms with E-state index < -0.39 is 22.8 Å². The van der Waals surface area contributed by atoms with Gasteiger partial charge < -0.3 is 20.9 Å². The average molecular weight is 876 g/mol. The number of rotatable bonds is 20. The first-order valence-corrected chi connectivity index (χ1v) is 22.3. The van der Waals surface area contributed by atoms with E-state index in [1.54, 1.807) is 48.5 Å². The lowest BCUT2D eigenvalue weighted by molar-refractivity contribution is 0.0419. The molecule has 0 aliphatic rings. The number of nitrogens with two attached hydrogens (primary N) is 2. The van der Waals surface area contributed by atoms with Crippen molar-refractivity contribution in [3.05, 3.63) is 77.4 Å². The number of hydrogen-bond donors (Lipinski definition) is 2. The number of carbonyl (C=O) groups is 2. The van der Waals surface area contributed by atoms with Gasteiger partial charge in [-0.2, -0.15) is 44.7 Å². The Hall–Kier alpha value is -6.39. The lowest BCUT2D eigenvalue weighted by Crippen LogP contribution is -2.16. The van der Waals surface area contributed by atoms with Crippen LogP contribution in [0, 0.1) is 11.8 Å². The highest BCUT2D eigenvalue weighted by atomic mass is 16.5. The summed E-state index contributed by atoms with van der Waals surface area (Å²) in [6.45, 7) is 21.1. The van der Waals surface area contributed by atoms with Crippen molar-refractivity contribution in [2.24, 2.45) is 32.3 Å². The van der Waals surface area contributed by atoms with E-state index in [9.17, 15) is 9.59 Å². The molecule has 0 fully saturated rings. The van der Waals surface area contributed by atoms with Gasteiger partial charge >= 0.3 is 11.9 Å². The van der Waals surface area contributed by atoms with Crippen LogP contribution < -0.4 is 11.5 Å². The maximum absolute atomic E-state index is 13.0. The molecule has 0 amide bonds. The molecule has 0 spiro atoms. The minimum Gasteiger partial charge on any atom is -0.462 e. The number of nitrogens with zero attached hydrogens (tertiary/aromatic N) is 11. The number of hydrogen-bond acceptors (Lipinski definition) is 15. The zero-order valence-corrected chi connectivity index (χ0v) is 39.1. The van der Waals surface area contributed by atoms with Crippen molar-refractivity contribution in [3.63, 3.8) is 0 Å². The van der Waals surface area contributed by atoms with Crippen LogP contribution in [-0.2, 0) is 20.3 Å². The number of ether oxygens (including phenoxy) is 2. The fraction of sp³-hybridized carbons (Fsp3) is 0.511. The number of unbranched alkanes of at least 4 members (excludes halogenated alkanes) is 2. The quantitative estimate of drug-likeness (QED) is 0.0552. The van der Waals surface area contributed by atoms with Crippen LogP contribution in [0.25, 0.3) is 11.9 Å². The minimum absolute atomic E-state index is 0.0817. The summed E-state index contributed by atoms with van der Waals surface area (Å²) >= 11 is 0. The molecule has 0 saturated carbocycles. The van der Waals surface area contributed by atoms with Gasteiger partial charge in [0, 0.05) is 10.8 Å². The zero-order valence-electron chi connectivity index (χ0n) is 39.1. The first-order valence-electron chi connectivity index (χ1n) is 22.3. The van der Waals surface area contributed by atoms with Crippen molar-refractivity contribution in [2.45, 2.75) is 131 Å². The highest BCUT2D eigenvalue weighted by Crippen LogP contribution is 2.39. The van der Waals surface area contributed by atoms with Gasteiger partial charge in [-0.25, -0.2) is 9.59 Å². The number of esters is 2. The molecule has 17 nitrogen and oxygen atoms in total. The third-order valence-electron chi connectivity index (χ3n) is 10.8. The normalized spacial score (nSPS) is 13.2. The molecule has 0 saturated heterocycles. The van der Waals surface area contributed by atoms with E-state index >= 15 is 0 Å². The van der Waals surface area contributed by atoms with Crippen LogP contribution in [0.2, 0.25) is 0 Å². The first kappa shape index (κ1) is 48.6. The van der Waals surface area contributed by atoms with Crippen molar-refractivity contribution >= 4 is 46.3 Å². The third-order valence-corrected chi connectivity index (χ3v) is 10.8. The highest BCUT2D eigenvalue weighted by molar-refractivity contribution is 5.91. The van der Waals surface area contributed by atoms with E-state index in [-0.39, 0.29) is 23.5 Å². The van der Waals surface area contributed by atoms with E-state index in [1.807, 2.05) is 41.5 Å². The zero-order chi connectivity index (χ0) is 46.6. The van der Waals surface area contributed by atoms with Crippen LogP contribution in [0.15, 0.2) is 75.3 Å². The van der Waals surface area contributed by atoms with Crippen LogP contribution in [0.3, 0.4) is 0 Å². The summed E-state index contributed by atoms with van der Waals surface area (Å²) in [5, 5.41) is 27.6. The van der Waals surface area contributed by atoms with E-state index in [1.165, 1.54) is 15.7 Å². The van der Waals surface area contributed by atoms with Gasteiger partial charge in [-0.3, -0.25) is 0 Å². The van der Waals surface area contributed by atoms with Crippen molar-refractivity contribution in [3.8, 4) is 11.9 Å². The smallest absolute Gasteiger partial charge is 0.338 e. The van der Waals surface area contributed by atoms with Crippen molar-refractivity contribution in [2.75, 3.05) is 24.7 Å². The van der Waals surface area contributed by atoms with Gasteiger partial charge in [-0.15, -0.1) is 10.2 Å². The molecule has 64 heavy (non-hydrogen) atoms. The van der Waals surface area contributed by atoms with Gasteiger partial charge in [0.25, 0.3) is 11.9 Å². The Labute approximate surface area is 376 Å². The molecule has 0 bridgehead atoms. The largest absolute Gasteiger partial charge is 0.462 e. The fourth-order valence-corrected chi connectivity index (χ4v) is 6.80. The van der Waals surface area contributed by atoms with Gasteiger partial charge in [0.2, 0.25) is 0 Å². The van der Waals surface area contributed by atoms with Crippen LogP contribution in [0.4, 0.5) is 34.4 Å². The summed E-state index contributed by atoms with van der Waals surface area (Å²) in [5.41, 5.74) is 15.8. The van der Waals surface area contributed by atoms with Gasteiger partial charge in [0.05, 0.1) is 47.1 Å². The molecule has 5 rings (SSSR count). The molecule has 2 atom stereocenters. The van der Waals surface area contributed by atoms with Gasteiger partial charge in [-0.1, -0.05) is 120 Å². The monoisotopic (exact) mass is 876 g/mol. The first-order chi connectivity index (χ1) is 30.5. The number of aromatic nitrogens is 7. The summed E-state index contributed by atoms with van der Waals surface area (Å²) in [6, 6.07) is 13.6. The van der Waals surface area contributed by atoms with Crippen LogP contribution >= 0.6 is 0 Å². The highest BCUT2D eigenvalue weighted by Gasteiger charge is 2.30. The fourth-order valence-electron chi connectivity index (χ4n) is 6.80. The van der Waals surface area contributed by atoms with Crippen LogP contribution in [0.1, 0.15) is 153 Å². The molecular weight excluding hydrogens is 811 g/mol. The average Bonchev–Trinajstić information content (AvgIpc) is 3.81. The molecule has 2 aromatic carbocycles. The maximum Gasteiger partial charge on any atom is 0.338 e. The summed E-state index contributed by atoms with van der Waals surface area (Å²) in [6.07, 6.45) is 9.63. The van der Waals surface area contributed by atoms with Crippen molar-refractivity contribution in [1.29, 1.82) is 0 Å². The Balaban J connectivity index is 1.42. The second kappa shape index (κ2) is 21.8. The molecule has 17 heteroatoms. The lowest BCUT2D eigenvalue weighted by Gasteiger charge is -2.15. The van der Waals surface area contributed by atoms with Crippen molar-refractivity contribution in [1.82, 2.24) is 34.5 Å². The predicted molar refractivity (Wildman–Crippen MR) is 249 cm³/mol. The molecule has 342 valence electrons. The third kappa shape index (κ3) is 12.4. The van der Waals surface area contributed by atoms with Gasteiger partial charge in [-0.05, 0) is 61.1 Å². The Morgan fingerprint density at radius 2 is 1.05 bits per heavy atom. The molecule has 3 heterocycles. The topological polar surface area (TPSA) is 228 Å². The molecule has 0 aliphatic heterocycles. The Morgan fingerprint density at radius 1 is 0.641 bits per heavy atom. The van der Waals surface area contributed by atoms with E-state index in [4.69, 9.17) is 31.1 Å². The second-order valence-corrected chi connectivity index (χ2v) is 18.1. The number of benzene rings is 2. The molecule has 4 N–H and O–H groups in total. The summed E-state index contributed by atoms with van der Waals surface area (Å²) < 4.78 is 14.1. The standard InChI is InChI=1S/C47H65N13O4/c1-11-15-19-30(13-3)27-63-42(61)32-21-17-23-34(25-32)53-55-36-38(46(5,6)7)57-59(40(36)48)44-50-29-51-45(52-44)60-41(49)37(39(58-60)47(8,9)10)56-54-35-24-18-22-33(26-35)43(62)64-28-31(14-4)20-16-12-2/h17-18,21-26,29-31H,11-16,19-20,27-28,48-49H2,1-10H3. The molecular formula is C47H65N13O4. The Morgan fingerprint density at radius 3 is 1.41 bits per heavy atom. The van der Waals surface area contributed by atoms with E-state index in [2.05, 4.69) is 63.1 Å². The number of carbonyl (C=O) groups excluding carboxylic acids is 2. The lowest BCUT2D eigenvalue weighted by atomic mass is 9.91. The minimum atomic E-state index is -0.525. The SMILES string of the molecule is CCCCC(CC)COC(=O)c1cccc(N=Nc2c(C(C)(C)C)nn(-c3ncnc(-n4nc(C(C)(C)C)c(N=Nc5cccc(C(=O)OCC(CC)CCCC)c5)c4N)n3)c2N)c1. The molecule has 0 aliphatic carbocycles. The van der Waals surface area contributed by atoms with Crippen LogP contribution in [-0.4, -0.2) is 59.7 Å². The molecule has 5 aromatic rings. The molecule has 3 aromatic heterocycles. The Kier molecular flexibility index (Phi) is 16.6. The summed E-state index contributed by atoms with van der Waals surface area (Å²) in [4.78, 5) is 39.4. The summed E-state index contributed by atoms with van der Waals surface area (Å²) in [5.74, 6) is 0.244. The number of nitrogen functional groups attached to an aromatic ring is 2. The van der Waals surface area contributed by atoms with Gasteiger partial charge in [0.1, 0.15) is 6.33 Å². The van der Waals surface area contributed by atoms with Gasteiger partial charge in [0.15, 0.2) is 23.0 Å². The summed E-state index contributed by atoms with van der Waals surface area (Å²) in [7, 11) is 0. The Bertz CT molecular complexity index is 2260. The second-order valence-electron chi connectivity index (χ2n) is 18.1.